The lowest BCUT2D eigenvalue weighted by atomic mass is 10.1. The third kappa shape index (κ3) is 2.08. The smallest absolute Gasteiger partial charge is 0.101 e. The predicted octanol–water partition coefficient (Wildman–Crippen LogP) is 2.33. The first kappa shape index (κ1) is 10.8. The van der Waals surface area contributed by atoms with Crippen molar-refractivity contribution < 1.29 is 0 Å². The average Bonchev–Trinajstić information content (AvgIpc) is 2.99. The number of hydrogen-bond acceptors (Lipinski definition) is 5. The molecule has 1 atom stereocenters. The van der Waals surface area contributed by atoms with Crippen molar-refractivity contribution in [3.8, 4) is 10.6 Å². The number of nitrogens with one attached hydrogen (secondary N) is 1. The van der Waals surface area contributed by atoms with Crippen molar-refractivity contribution in [3.63, 3.8) is 0 Å². The molecular formula is C12H14N4S. The molecule has 1 N–H and O–H groups in total. The molecule has 2 aromatic heterocycles. The summed E-state index contributed by atoms with van der Waals surface area (Å²) in [4.78, 5) is 14.4. The summed E-state index contributed by atoms with van der Waals surface area (Å²) in [6.07, 6.45) is 6.05. The summed E-state index contributed by atoms with van der Waals surface area (Å²) in [5.74, 6) is 0. The van der Waals surface area contributed by atoms with Gasteiger partial charge in [-0.2, -0.15) is 0 Å². The Morgan fingerprint density at radius 1 is 1.41 bits per heavy atom. The lowest BCUT2D eigenvalue weighted by molar-refractivity contribution is 0.625. The van der Waals surface area contributed by atoms with Gasteiger partial charge in [0, 0.05) is 0 Å². The molecule has 1 aliphatic heterocycles. The Balaban J connectivity index is 1.96. The second kappa shape index (κ2) is 4.50. The standard InChI is InChI=1S/C12H14N4S/c1-8-12(17-7-15-8)11-6-13-5-10(16-11)9-3-2-4-14-9/h5-7,9,14H,2-4H2,1H3. The molecule has 2 aromatic rings. The monoisotopic (exact) mass is 246 g/mol. The Bertz CT molecular complexity index is 517. The van der Waals surface area contributed by atoms with E-state index in [1.807, 2.05) is 24.8 Å². The van der Waals surface area contributed by atoms with E-state index in [1.54, 1.807) is 11.3 Å². The molecule has 17 heavy (non-hydrogen) atoms. The lowest BCUT2D eigenvalue weighted by Crippen LogP contribution is -2.14. The highest BCUT2D eigenvalue weighted by atomic mass is 32.1. The largest absolute Gasteiger partial charge is 0.309 e. The highest BCUT2D eigenvalue weighted by Crippen LogP contribution is 2.27. The zero-order valence-corrected chi connectivity index (χ0v) is 10.5. The Morgan fingerprint density at radius 3 is 3.06 bits per heavy atom. The number of hydrogen-bond donors (Lipinski definition) is 1. The molecule has 1 unspecified atom stereocenters. The minimum absolute atomic E-state index is 0.371. The number of aromatic nitrogens is 3. The van der Waals surface area contributed by atoms with Gasteiger partial charge in [0.15, 0.2) is 0 Å². The van der Waals surface area contributed by atoms with Gasteiger partial charge in [-0.05, 0) is 26.3 Å². The van der Waals surface area contributed by atoms with E-state index in [9.17, 15) is 0 Å². The van der Waals surface area contributed by atoms with E-state index in [1.165, 1.54) is 6.42 Å². The third-order valence-electron chi connectivity index (χ3n) is 3.05. The maximum Gasteiger partial charge on any atom is 0.101 e. The summed E-state index contributed by atoms with van der Waals surface area (Å²) < 4.78 is 0. The summed E-state index contributed by atoms with van der Waals surface area (Å²) in [5.41, 5.74) is 4.87. The molecule has 1 saturated heterocycles. The number of nitrogens with zero attached hydrogens (tertiary/aromatic N) is 3. The van der Waals surface area contributed by atoms with Crippen molar-refractivity contribution in [3.05, 3.63) is 29.3 Å². The fraction of sp³-hybridized carbons (Fsp3) is 0.417. The van der Waals surface area contributed by atoms with E-state index in [-0.39, 0.29) is 0 Å². The molecular weight excluding hydrogens is 232 g/mol. The molecule has 0 radical (unpaired) electrons. The van der Waals surface area contributed by atoms with Crippen LogP contribution in [0.1, 0.15) is 30.3 Å². The van der Waals surface area contributed by atoms with Crippen LogP contribution in [-0.2, 0) is 0 Å². The van der Waals surface area contributed by atoms with Crippen molar-refractivity contribution in [2.75, 3.05) is 6.54 Å². The molecule has 0 spiro atoms. The zero-order chi connectivity index (χ0) is 11.7. The van der Waals surface area contributed by atoms with E-state index in [0.29, 0.717) is 6.04 Å². The molecule has 4 nitrogen and oxygen atoms in total. The highest BCUT2D eigenvalue weighted by molar-refractivity contribution is 7.13. The third-order valence-corrected chi connectivity index (χ3v) is 4.00. The molecule has 0 aliphatic carbocycles. The van der Waals surface area contributed by atoms with Crippen molar-refractivity contribution in [2.45, 2.75) is 25.8 Å². The second-order valence-electron chi connectivity index (χ2n) is 4.25. The first-order valence-corrected chi connectivity index (χ1v) is 6.68. The van der Waals surface area contributed by atoms with Crippen LogP contribution < -0.4 is 5.32 Å². The second-order valence-corrected chi connectivity index (χ2v) is 5.10. The van der Waals surface area contributed by atoms with Crippen LogP contribution in [0.2, 0.25) is 0 Å². The Kier molecular flexibility index (Phi) is 2.86. The molecule has 1 aliphatic rings. The van der Waals surface area contributed by atoms with Gasteiger partial charge in [-0.15, -0.1) is 11.3 Å². The maximum absolute atomic E-state index is 4.70. The number of thiazole rings is 1. The summed E-state index contributed by atoms with van der Waals surface area (Å²) in [6, 6.07) is 0.371. The van der Waals surface area contributed by atoms with Crippen molar-refractivity contribution in [1.29, 1.82) is 0 Å². The minimum atomic E-state index is 0.371. The Hall–Kier alpha value is -1.33. The van der Waals surface area contributed by atoms with Crippen LogP contribution in [0.3, 0.4) is 0 Å². The molecule has 1 fully saturated rings. The van der Waals surface area contributed by atoms with Crippen LogP contribution in [0.15, 0.2) is 17.9 Å². The van der Waals surface area contributed by atoms with E-state index >= 15 is 0 Å². The van der Waals surface area contributed by atoms with Crippen molar-refractivity contribution in [1.82, 2.24) is 20.3 Å². The van der Waals surface area contributed by atoms with Gasteiger partial charge in [0.05, 0.1) is 40.2 Å². The molecule has 88 valence electrons. The zero-order valence-electron chi connectivity index (χ0n) is 9.68. The Morgan fingerprint density at radius 2 is 2.35 bits per heavy atom. The Labute approximate surface area is 104 Å². The van der Waals surface area contributed by atoms with E-state index in [4.69, 9.17) is 4.98 Å². The number of aryl methyl sites for hydroxylation is 1. The van der Waals surface area contributed by atoms with Gasteiger partial charge >= 0.3 is 0 Å². The van der Waals surface area contributed by atoms with Crippen LogP contribution in [-0.4, -0.2) is 21.5 Å². The lowest BCUT2D eigenvalue weighted by Gasteiger charge is -2.09. The minimum Gasteiger partial charge on any atom is -0.309 e. The summed E-state index contributed by atoms with van der Waals surface area (Å²) in [5, 5.41) is 3.45. The van der Waals surface area contributed by atoms with Gasteiger partial charge < -0.3 is 5.32 Å². The SMILES string of the molecule is Cc1ncsc1-c1cncc(C2CCCN2)n1. The molecule has 0 bridgehead atoms. The molecule has 0 aromatic carbocycles. The van der Waals surface area contributed by atoms with Gasteiger partial charge in [0.2, 0.25) is 0 Å². The predicted molar refractivity (Wildman–Crippen MR) is 67.9 cm³/mol. The first-order valence-electron chi connectivity index (χ1n) is 5.80. The highest BCUT2D eigenvalue weighted by Gasteiger charge is 2.18. The number of rotatable bonds is 2. The topological polar surface area (TPSA) is 50.7 Å². The average molecular weight is 246 g/mol. The normalized spacial score (nSPS) is 19.7. The molecule has 0 saturated carbocycles. The van der Waals surface area contributed by atoms with Crippen LogP contribution >= 0.6 is 11.3 Å². The molecule has 3 rings (SSSR count). The summed E-state index contributed by atoms with van der Waals surface area (Å²) in [6.45, 7) is 3.09. The molecule has 3 heterocycles. The van der Waals surface area contributed by atoms with Crippen LogP contribution in [0.4, 0.5) is 0 Å². The van der Waals surface area contributed by atoms with Gasteiger partial charge in [-0.3, -0.25) is 4.98 Å². The summed E-state index contributed by atoms with van der Waals surface area (Å²) in [7, 11) is 0. The van der Waals surface area contributed by atoms with Gasteiger partial charge in [0.25, 0.3) is 0 Å². The van der Waals surface area contributed by atoms with Gasteiger partial charge in [-0.1, -0.05) is 0 Å². The van der Waals surface area contributed by atoms with E-state index < -0.39 is 0 Å². The van der Waals surface area contributed by atoms with Crippen LogP contribution in [0.5, 0.6) is 0 Å². The fourth-order valence-corrected chi connectivity index (χ4v) is 2.90. The van der Waals surface area contributed by atoms with Gasteiger partial charge in [0.1, 0.15) is 5.69 Å². The van der Waals surface area contributed by atoms with Crippen molar-refractivity contribution >= 4 is 11.3 Å². The van der Waals surface area contributed by atoms with E-state index in [2.05, 4.69) is 15.3 Å². The maximum atomic E-state index is 4.70. The van der Waals surface area contributed by atoms with Crippen LogP contribution in [0, 0.1) is 6.92 Å². The molecule has 0 amide bonds. The quantitative estimate of drug-likeness (QED) is 0.883. The summed E-state index contributed by atoms with van der Waals surface area (Å²) >= 11 is 1.62. The van der Waals surface area contributed by atoms with Crippen LogP contribution in [0.25, 0.3) is 10.6 Å². The molecule has 5 heteroatoms. The van der Waals surface area contributed by atoms with Crippen molar-refractivity contribution in [2.24, 2.45) is 0 Å². The van der Waals surface area contributed by atoms with Gasteiger partial charge in [-0.25, -0.2) is 9.97 Å². The fourth-order valence-electron chi connectivity index (χ4n) is 2.14. The first-order chi connectivity index (χ1) is 8.34. The van der Waals surface area contributed by atoms with E-state index in [0.717, 1.165) is 34.9 Å².